The second-order valence-corrected chi connectivity index (χ2v) is 8.45. The summed E-state index contributed by atoms with van der Waals surface area (Å²) in [6.45, 7) is 9.25. The fourth-order valence-electron chi connectivity index (χ4n) is 2.81. The van der Waals surface area contributed by atoms with Gasteiger partial charge in [0.05, 0.1) is 16.4 Å². The summed E-state index contributed by atoms with van der Waals surface area (Å²) in [6.07, 6.45) is 3.88. The smallest absolute Gasteiger partial charge is 0.269 e. The van der Waals surface area contributed by atoms with Crippen molar-refractivity contribution in [2.75, 3.05) is 18.4 Å². The number of piperidine rings is 1. The van der Waals surface area contributed by atoms with Crippen molar-refractivity contribution in [1.82, 2.24) is 14.9 Å². The van der Waals surface area contributed by atoms with E-state index in [0.29, 0.717) is 15.9 Å². The predicted molar refractivity (Wildman–Crippen MR) is 100 cm³/mol. The Balaban J connectivity index is 1.62. The van der Waals surface area contributed by atoms with Crippen molar-refractivity contribution in [3.63, 3.8) is 0 Å². The van der Waals surface area contributed by atoms with Gasteiger partial charge in [0.1, 0.15) is 4.88 Å². The van der Waals surface area contributed by atoms with E-state index in [1.54, 1.807) is 0 Å². The van der Waals surface area contributed by atoms with E-state index in [4.69, 9.17) is 0 Å². The van der Waals surface area contributed by atoms with Crippen LogP contribution in [0.15, 0.2) is 5.38 Å². The number of aryl methyl sites for hydroxylation is 1. The fraction of sp³-hybridized carbons (Fsp3) is 0.588. The Morgan fingerprint density at radius 1 is 1.29 bits per heavy atom. The standard InChI is InChI=1S/C17H24N4OS2/c1-11(2)16-18-12(3)14(24-16)15(22)20-17-19-13(10-23-17)9-21-7-5-4-6-8-21/h10-11H,4-9H2,1-3H3,(H,19,20,22). The van der Waals surface area contributed by atoms with E-state index in [1.807, 2.05) is 12.3 Å². The molecule has 24 heavy (non-hydrogen) atoms. The van der Waals surface area contributed by atoms with E-state index < -0.39 is 0 Å². The molecule has 7 heteroatoms. The third-order valence-electron chi connectivity index (χ3n) is 4.12. The zero-order chi connectivity index (χ0) is 17.1. The molecule has 0 atom stereocenters. The maximum absolute atomic E-state index is 12.5. The van der Waals surface area contributed by atoms with Gasteiger partial charge in [-0.15, -0.1) is 22.7 Å². The van der Waals surface area contributed by atoms with Gasteiger partial charge in [-0.3, -0.25) is 15.0 Å². The molecule has 5 nitrogen and oxygen atoms in total. The number of anilines is 1. The summed E-state index contributed by atoms with van der Waals surface area (Å²) in [6, 6.07) is 0. The van der Waals surface area contributed by atoms with Gasteiger partial charge in [0.15, 0.2) is 5.13 Å². The molecule has 2 aromatic rings. The van der Waals surface area contributed by atoms with Gasteiger partial charge in [-0.2, -0.15) is 0 Å². The minimum atomic E-state index is -0.101. The van der Waals surface area contributed by atoms with Crippen LogP contribution in [0, 0.1) is 6.92 Å². The number of carbonyl (C=O) groups is 1. The highest BCUT2D eigenvalue weighted by atomic mass is 32.1. The monoisotopic (exact) mass is 364 g/mol. The molecule has 3 rings (SSSR count). The van der Waals surface area contributed by atoms with Crippen LogP contribution in [0.25, 0.3) is 0 Å². The van der Waals surface area contributed by atoms with Crippen molar-refractivity contribution in [3.05, 3.63) is 26.7 Å². The van der Waals surface area contributed by atoms with E-state index in [-0.39, 0.29) is 5.91 Å². The fourth-order valence-corrected chi connectivity index (χ4v) is 4.47. The van der Waals surface area contributed by atoms with Gasteiger partial charge >= 0.3 is 0 Å². The van der Waals surface area contributed by atoms with Crippen molar-refractivity contribution in [2.45, 2.75) is 52.5 Å². The average molecular weight is 365 g/mol. The highest BCUT2D eigenvalue weighted by Crippen LogP contribution is 2.26. The van der Waals surface area contributed by atoms with Crippen LogP contribution in [-0.4, -0.2) is 33.9 Å². The quantitative estimate of drug-likeness (QED) is 0.861. The van der Waals surface area contributed by atoms with Gasteiger partial charge in [-0.1, -0.05) is 20.3 Å². The molecule has 1 amide bonds. The van der Waals surface area contributed by atoms with Crippen molar-refractivity contribution in [1.29, 1.82) is 0 Å². The molecule has 0 spiro atoms. The van der Waals surface area contributed by atoms with Crippen molar-refractivity contribution in [3.8, 4) is 0 Å². The molecule has 3 heterocycles. The third-order valence-corrected chi connectivity index (χ3v) is 6.38. The van der Waals surface area contributed by atoms with Gasteiger partial charge in [0, 0.05) is 17.8 Å². The first-order chi connectivity index (χ1) is 11.5. The number of thiazole rings is 2. The molecule has 1 N–H and O–H groups in total. The largest absolute Gasteiger partial charge is 0.297 e. The topological polar surface area (TPSA) is 58.1 Å². The molecule has 0 aliphatic carbocycles. The number of carbonyl (C=O) groups excluding carboxylic acids is 1. The second kappa shape index (κ2) is 7.72. The minimum Gasteiger partial charge on any atom is -0.297 e. The van der Waals surface area contributed by atoms with Crippen molar-refractivity contribution < 1.29 is 4.79 Å². The number of hydrogen-bond acceptors (Lipinski definition) is 6. The van der Waals surface area contributed by atoms with Gasteiger partial charge in [-0.05, 0) is 32.9 Å². The first-order valence-corrected chi connectivity index (χ1v) is 10.2. The number of nitrogens with one attached hydrogen (secondary N) is 1. The van der Waals surface area contributed by atoms with Gasteiger partial charge in [0.2, 0.25) is 0 Å². The van der Waals surface area contributed by atoms with E-state index >= 15 is 0 Å². The number of likely N-dealkylation sites (tertiary alicyclic amines) is 1. The Labute approximate surface area is 151 Å². The highest BCUT2D eigenvalue weighted by molar-refractivity contribution is 7.15. The van der Waals surface area contributed by atoms with Crippen LogP contribution < -0.4 is 5.32 Å². The Hall–Kier alpha value is -1.31. The predicted octanol–water partition coefficient (Wildman–Crippen LogP) is 4.27. The maximum Gasteiger partial charge on any atom is 0.269 e. The Morgan fingerprint density at radius 2 is 2.04 bits per heavy atom. The summed E-state index contributed by atoms with van der Waals surface area (Å²) in [7, 11) is 0. The minimum absolute atomic E-state index is 0.101. The second-order valence-electron chi connectivity index (χ2n) is 6.56. The molecule has 1 aliphatic heterocycles. The van der Waals surface area contributed by atoms with Crippen LogP contribution >= 0.6 is 22.7 Å². The first-order valence-electron chi connectivity index (χ1n) is 8.48. The van der Waals surface area contributed by atoms with Crippen molar-refractivity contribution in [2.24, 2.45) is 0 Å². The molecular formula is C17H24N4OS2. The Kier molecular flexibility index (Phi) is 5.63. The van der Waals surface area contributed by atoms with Crippen LogP contribution in [0.3, 0.4) is 0 Å². The number of nitrogens with zero attached hydrogens (tertiary/aromatic N) is 3. The number of hydrogen-bond donors (Lipinski definition) is 1. The zero-order valence-corrected chi connectivity index (χ0v) is 16.1. The highest BCUT2D eigenvalue weighted by Gasteiger charge is 2.18. The molecule has 1 saturated heterocycles. The Bertz CT molecular complexity index is 701. The van der Waals surface area contributed by atoms with E-state index in [1.165, 1.54) is 41.9 Å². The summed E-state index contributed by atoms with van der Waals surface area (Å²) in [4.78, 5) is 24.7. The van der Waals surface area contributed by atoms with E-state index in [2.05, 4.69) is 34.0 Å². The normalized spacial score (nSPS) is 15.8. The summed E-state index contributed by atoms with van der Waals surface area (Å²) < 4.78 is 0. The van der Waals surface area contributed by atoms with Crippen molar-refractivity contribution >= 4 is 33.7 Å². The number of aromatic nitrogens is 2. The summed E-state index contributed by atoms with van der Waals surface area (Å²) in [5.41, 5.74) is 1.84. The van der Waals surface area contributed by atoms with Gasteiger partial charge in [0.25, 0.3) is 5.91 Å². The number of amides is 1. The average Bonchev–Trinajstić information content (AvgIpc) is 3.15. The van der Waals surface area contributed by atoms with Crippen LogP contribution in [0.5, 0.6) is 0 Å². The lowest BCUT2D eigenvalue weighted by Crippen LogP contribution is -2.29. The van der Waals surface area contributed by atoms with Gasteiger partial charge in [-0.25, -0.2) is 9.97 Å². The lowest BCUT2D eigenvalue weighted by Gasteiger charge is -2.25. The summed E-state index contributed by atoms with van der Waals surface area (Å²) in [5, 5.41) is 6.65. The molecule has 1 fully saturated rings. The zero-order valence-electron chi connectivity index (χ0n) is 14.5. The van der Waals surface area contributed by atoms with E-state index in [0.717, 1.165) is 36.0 Å². The lowest BCUT2D eigenvalue weighted by atomic mass is 10.1. The molecular weight excluding hydrogens is 340 g/mol. The van der Waals surface area contributed by atoms with E-state index in [9.17, 15) is 4.79 Å². The molecule has 0 saturated carbocycles. The lowest BCUT2D eigenvalue weighted by molar-refractivity contribution is 0.103. The SMILES string of the molecule is Cc1nc(C(C)C)sc1C(=O)Nc1nc(CN2CCCCC2)cs1. The maximum atomic E-state index is 12.5. The van der Waals surface area contributed by atoms with Crippen LogP contribution in [0.1, 0.15) is 65.1 Å². The van der Waals surface area contributed by atoms with Crippen LogP contribution in [0.2, 0.25) is 0 Å². The molecule has 0 bridgehead atoms. The van der Waals surface area contributed by atoms with Gasteiger partial charge < -0.3 is 0 Å². The number of rotatable bonds is 5. The van der Waals surface area contributed by atoms with Crippen LogP contribution in [0.4, 0.5) is 5.13 Å². The molecule has 0 radical (unpaired) electrons. The molecule has 1 aliphatic rings. The molecule has 130 valence electrons. The molecule has 2 aromatic heterocycles. The summed E-state index contributed by atoms with van der Waals surface area (Å²) in [5.74, 6) is 0.238. The molecule has 0 aromatic carbocycles. The van der Waals surface area contributed by atoms with Crippen LogP contribution in [-0.2, 0) is 6.54 Å². The Morgan fingerprint density at radius 3 is 2.71 bits per heavy atom. The molecule has 0 unspecified atom stereocenters. The third kappa shape index (κ3) is 4.20. The summed E-state index contributed by atoms with van der Waals surface area (Å²) >= 11 is 2.97. The first kappa shape index (κ1) is 17.5.